The molecule has 2 rings (SSSR count). The molecule has 0 radical (unpaired) electrons. The van der Waals surface area contributed by atoms with Crippen molar-refractivity contribution >= 4 is 5.69 Å². The number of hydrogen-bond donors (Lipinski definition) is 1. The Kier molecular flexibility index (Phi) is 4.42. The zero-order chi connectivity index (χ0) is 13.9. The third-order valence-electron chi connectivity index (χ3n) is 3.45. The maximum atomic E-state index is 5.58. The first-order valence-electron chi connectivity index (χ1n) is 7.03. The summed E-state index contributed by atoms with van der Waals surface area (Å²) in [7, 11) is 0. The second-order valence-corrected chi connectivity index (χ2v) is 6.06. The predicted molar refractivity (Wildman–Crippen MR) is 78.5 cm³/mol. The van der Waals surface area contributed by atoms with Crippen LogP contribution in [0.2, 0.25) is 0 Å². The highest BCUT2D eigenvalue weighted by Gasteiger charge is 2.30. The van der Waals surface area contributed by atoms with Gasteiger partial charge in [-0.1, -0.05) is 13.8 Å². The third-order valence-corrected chi connectivity index (χ3v) is 3.45. The maximum absolute atomic E-state index is 5.58. The van der Waals surface area contributed by atoms with Crippen LogP contribution in [-0.2, 0) is 11.3 Å². The van der Waals surface area contributed by atoms with Crippen LogP contribution in [0.1, 0.15) is 33.4 Å². The van der Waals surface area contributed by atoms with E-state index in [2.05, 4.69) is 55.0 Å². The van der Waals surface area contributed by atoms with Crippen LogP contribution in [0.3, 0.4) is 0 Å². The summed E-state index contributed by atoms with van der Waals surface area (Å²) in [5.74, 6) is 0. The van der Waals surface area contributed by atoms with E-state index < -0.39 is 0 Å². The first kappa shape index (κ1) is 14.3. The molecular weight excluding hydrogens is 238 g/mol. The number of ether oxygens (including phenoxy) is 1. The van der Waals surface area contributed by atoms with Gasteiger partial charge in [-0.25, -0.2) is 0 Å². The highest BCUT2D eigenvalue weighted by Crippen LogP contribution is 2.26. The first-order chi connectivity index (χ1) is 8.99. The summed E-state index contributed by atoms with van der Waals surface area (Å²) < 4.78 is 5.58. The summed E-state index contributed by atoms with van der Waals surface area (Å²) >= 11 is 0. The standard InChI is InChI=1S/C15H25N3O/c1-12(2)17-10-13-9-14(5-6-16-13)18-7-8-19-11-15(18,3)4/h5-6,9,12,17H,7-8,10-11H2,1-4H3. The van der Waals surface area contributed by atoms with Crippen LogP contribution in [-0.4, -0.2) is 36.3 Å². The molecule has 1 saturated heterocycles. The number of hydrogen-bond acceptors (Lipinski definition) is 4. The van der Waals surface area contributed by atoms with Crippen molar-refractivity contribution < 1.29 is 4.74 Å². The molecule has 0 aliphatic carbocycles. The van der Waals surface area contributed by atoms with E-state index in [0.717, 1.165) is 32.0 Å². The monoisotopic (exact) mass is 263 g/mol. The number of nitrogens with one attached hydrogen (secondary N) is 1. The average Bonchev–Trinajstić information content (AvgIpc) is 2.36. The van der Waals surface area contributed by atoms with E-state index in [1.807, 2.05) is 6.20 Å². The quantitative estimate of drug-likeness (QED) is 0.903. The fraction of sp³-hybridized carbons (Fsp3) is 0.667. The predicted octanol–water partition coefficient (Wildman–Crippen LogP) is 2.19. The minimum Gasteiger partial charge on any atom is -0.377 e. The van der Waals surface area contributed by atoms with E-state index in [-0.39, 0.29) is 5.54 Å². The minimum absolute atomic E-state index is 0.0440. The van der Waals surface area contributed by atoms with Crippen molar-refractivity contribution in [2.75, 3.05) is 24.7 Å². The molecule has 0 spiro atoms. The molecule has 1 fully saturated rings. The summed E-state index contributed by atoms with van der Waals surface area (Å²) in [5, 5.41) is 3.41. The average molecular weight is 263 g/mol. The van der Waals surface area contributed by atoms with Crippen LogP contribution in [0.4, 0.5) is 5.69 Å². The van der Waals surface area contributed by atoms with Gasteiger partial charge in [0.2, 0.25) is 0 Å². The highest BCUT2D eigenvalue weighted by atomic mass is 16.5. The van der Waals surface area contributed by atoms with Gasteiger partial charge in [0.25, 0.3) is 0 Å². The van der Waals surface area contributed by atoms with Crippen molar-refractivity contribution in [2.45, 2.75) is 45.8 Å². The smallest absolute Gasteiger partial charge is 0.0694 e. The molecule has 2 heterocycles. The van der Waals surface area contributed by atoms with Crippen LogP contribution < -0.4 is 10.2 Å². The number of aromatic nitrogens is 1. The molecule has 0 saturated carbocycles. The largest absolute Gasteiger partial charge is 0.377 e. The molecule has 1 aromatic heterocycles. The summed E-state index contributed by atoms with van der Waals surface area (Å²) in [4.78, 5) is 6.85. The van der Waals surface area contributed by atoms with E-state index in [1.54, 1.807) is 0 Å². The Balaban J connectivity index is 2.13. The normalized spacial score (nSPS) is 18.9. The lowest BCUT2D eigenvalue weighted by Gasteiger charge is -2.43. The van der Waals surface area contributed by atoms with Gasteiger partial charge in [0.1, 0.15) is 0 Å². The van der Waals surface area contributed by atoms with Gasteiger partial charge in [-0.05, 0) is 26.0 Å². The zero-order valence-corrected chi connectivity index (χ0v) is 12.4. The lowest BCUT2D eigenvalue weighted by atomic mass is 10.0. The van der Waals surface area contributed by atoms with E-state index in [0.29, 0.717) is 6.04 Å². The molecule has 0 bridgehead atoms. The van der Waals surface area contributed by atoms with Gasteiger partial charge in [0.05, 0.1) is 24.4 Å². The van der Waals surface area contributed by atoms with E-state index in [9.17, 15) is 0 Å². The Morgan fingerprint density at radius 1 is 1.47 bits per heavy atom. The van der Waals surface area contributed by atoms with Crippen LogP contribution in [0.15, 0.2) is 18.3 Å². The zero-order valence-electron chi connectivity index (χ0n) is 12.4. The molecule has 1 aromatic rings. The van der Waals surface area contributed by atoms with E-state index in [1.165, 1.54) is 5.69 Å². The van der Waals surface area contributed by atoms with Crippen LogP contribution in [0.25, 0.3) is 0 Å². The Bertz CT molecular complexity index is 418. The number of nitrogens with zero attached hydrogens (tertiary/aromatic N) is 2. The summed E-state index contributed by atoms with van der Waals surface area (Å²) in [6.45, 7) is 12.1. The van der Waals surface area contributed by atoms with Crippen molar-refractivity contribution in [1.29, 1.82) is 0 Å². The third kappa shape index (κ3) is 3.67. The Morgan fingerprint density at radius 2 is 2.26 bits per heavy atom. The van der Waals surface area contributed by atoms with E-state index in [4.69, 9.17) is 4.74 Å². The first-order valence-corrected chi connectivity index (χ1v) is 7.03. The van der Waals surface area contributed by atoms with Crippen molar-refractivity contribution in [3.8, 4) is 0 Å². The Morgan fingerprint density at radius 3 is 2.95 bits per heavy atom. The second kappa shape index (κ2) is 5.88. The molecule has 0 aromatic carbocycles. The van der Waals surface area contributed by atoms with Gasteiger partial charge in [-0.2, -0.15) is 0 Å². The Labute approximate surface area is 116 Å². The molecule has 0 amide bonds. The van der Waals surface area contributed by atoms with Crippen LogP contribution in [0, 0.1) is 0 Å². The number of rotatable bonds is 4. The van der Waals surface area contributed by atoms with Crippen molar-refractivity contribution in [1.82, 2.24) is 10.3 Å². The Hall–Kier alpha value is -1.13. The van der Waals surface area contributed by atoms with Gasteiger partial charge in [-0.15, -0.1) is 0 Å². The van der Waals surface area contributed by atoms with Crippen molar-refractivity contribution in [3.63, 3.8) is 0 Å². The molecule has 19 heavy (non-hydrogen) atoms. The van der Waals surface area contributed by atoms with Crippen molar-refractivity contribution in [3.05, 3.63) is 24.0 Å². The molecular formula is C15H25N3O. The molecule has 1 aliphatic rings. The SMILES string of the molecule is CC(C)NCc1cc(N2CCOCC2(C)C)ccn1. The van der Waals surface area contributed by atoms with Crippen LogP contribution >= 0.6 is 0 Å². The molecule has 0 unspecified atom stereocenters. The molecule has 106 valence electrons. The van der Waals surface area contributed by atoms with Gasteiger partial charge in [-0.3, -0.25) is 4.98 Å². The van der Waals surface area contributed by atoms with Crippen LogP contribution in [0.5, 0.6) is 0 Å². The summed E-state index contributed by atoms with van der Waals surface area (Å²) in [6, 6.07) is 4.75. The molecule has 1 aliphatic heterocycles. The minimum atomic E-state index is 0.0440. The maximum Gasteiger partial charge on any atom is 0.0694 e. The summed E-state index contributed by atoms with van der Waals surface area (Å²) in [5.41, 5.74) is 2.37. The molecule has 1 N–H and O–H groups in total. The van der Waals surface area contributed by atoms with Gasteiger partial charge >= 0.3 is 0 Å². The number of anilines is 1. The lowest BCUT2D eigenvalue weighted by Crippen LogP contribution is -2.53. The fourth-order valence-corrected chi connectivity index (χ4v) is 2.38. The van der Waals surface area contributed by atoms with Crippen molar-refractivity contribution in [2.24, 2.45) is 0 Å². The van der Waals surface area contributed by atoms with Gasteiger partial charge in [0.15, 0.2) is 0 Å². The fourth-order valence-electron chi connectivity index (χ4n) is 2.38. The highest BCUT2D eigenvalue weighted by molar-refractivity contribution is 5.49. The molecule has 0 atom stereocenters. The second-order valence-electron chi connectivity index (χ2n) is 6.06. The van der Waals surface area contributed by atoms with Gasteiger partial charge in [0, 0.05) is 31.0 Å². The number of pyridine rings is 1. The van der Waals surface area contributed by atoms with Gasteiger partial charge < -0.3 is 15.0 Å². The van der Waals surface area contributed by atoms with E-state index >= 15 is 0 Å². The lowest BCUT2D eigenvalue weighted by molar-refractivity contribution is 0.0644. The molecule has 4 heteroatoms. The topological polar surface area (TPSA) is 37.4 Å². The number of morpholine rings is 1. The molecule has 4 nitrogen and oxygen atoms in total. The summed E-state index contributed by atoms with van der Waals surface area (Å²) in [6.07, 6.45) is 1.90.